The van der Waals surface area contributed by atoms with E-state index in [1.54, 1.807) is 12.1 Å². The lowest BCUT2D eigenvalue weighted by Gasteiger charge is -2.10. The monoisotopic (exact) mass is 251 g/mol. The maximum absolute atomic E-state index is 12.7. The van der Waals surface area contributed by atoms with Crippen molar-refractivity contribution in [2.24, 2.45) is 0 Å². The molecule has 0 aliphatic carbocycles. The number of amides is 1. The van der Waals surface area contributed by atoms with E-state index in [0.717, 1.165) is 12.0 Å². The summed E-state index contributed by atoms with van der Waals surface area (Å²) in [5.41, 5.74) is 6.98. The second-order valence-electron chi connectivity index (χ2n) is 4.65. The smallest absolute Gasteiger partial charge is 0.238 e. The molecule has 1 heterocycles. The molecule has 0 bridgehead atoms. The molecule has 1 fully saturated rings. The summed E-state index contributed by atoms with van der Waals surface area (Å²) in [4.78, 5) is 11.8. The van der Waals surface area contributed by atoms with Crippen LogP contribution in [0.4, 0.5) is 4.39 Å². The molecule has 2 unspecified atom stereocenters. The molecule has 1 saturated heterocycles. The SMILES string of the molecule is CC1CC(C(=O)NCCc2ccc(F)cc2)NN1. The van der Waals surface area contributed by atoms with Gasteiger partial charge >= 0.3 is 0 Å². The Hall–Kier alpha value is -1.46. The summed E-state index contributed by atoms with van der Waals surface area (Å²) in [5, 5.41) is 2.87. The van der Waals surface area contributed by atoms with Gasteiger partial charge in [-0.05, 0) is 37.5 Å². The first-order valence-corrected chi connectivity index (χ1v) is 6.18. The number of hydrogen-bond donors (Lipinski definition) is 3. The molecule has 3 N–H and O–H groups in total. The number of halogens is 1. The molecule has 98 valence electrons. The van der Waals surface area contributed by atoms with Gasteiger partial charge in [0.1, 0.15) is 11.9 Å². The Labute approximate surface area is 106 Å². The van der Waals surface area contributed by atoms with Crippen molar-refractivity contribution in [2.45, 2.75) is 31.8 Å². The molecule has 0 spiro atoms. The van der Waals surface area contributed by atoms with Crippen LogP contribution in [0.5, 0.6) is 0 Å². The predicted molar refractivity (Wildman–Crippen MR) is 67.3 cm³/mol. The van der Waals surface area contributed by atoms with Crippen LogP contribution in [0.3, 0.4) is 0 Å². The van der Waals surface area contributed by atoms with Crippen LogP contribution in [0.2, 0.25) is 0 Å². The zero-order valence-electron chi connectivity index (χ0n) is 10.4. The molecular weight excluding hydrogens is 233 g/mol. The van der Waals surface area contributed by atoms with E-state index in [1.165, 1.54) is 12.1 Å². The third-order valence-electron chi connectivity index (χ3n) is 3.04. The highest BCUT2D eigenvalue weighted by Crippen LogP contribution is 2.05. The average molecular weight is 251 g/mol. The van der Waals surface area contributed by atoms with Crippen LogP contribution in [0.15, 0.2) is 24.3 Å². The van der Waals surface area contributed by atoms with Gasteiger partial charge in [-0.15, -0.1) is 0 Å². The third kappa shape index (κ3) is 3.51. The highest BCUT2D eigenvalue weighted by Gasteiger charge is 2.25. The van der Waals surface area contributed by atoms with Gasteiger partial charge < -0.3 is 5.32 Å². The van der Waals surface area contributed by atoms with Crippen molar-refractivity contribution in [3.05, 3.63) is 35.6 Å². The first kappa shape index (κ1) is 13.0. The zero-order chi connectivity index (χ0) is 13.0. The number of hydrogen-bond acceptors (Lipinski definition) is 3. The fourth-order valence-corrected chi connectivity index (χ4v) is 1.99. The lowest BCUT2D eigenvalue weighted by molar-refractivity contribution is -0.122. The highest BCUT2D eigenvalue weighted by molar-refractivity contribution is 5.82. The Kier molecular flexibility index (Phi) is 4.28. The van der Waals surface area contributed by atoms with Gasteiger partial charge in [0.2, 0.25) is 5.91 Å². The molecule has 0 radical (unpaired) electrons. The van der Waals surface area contributed by atoms with Crippen LogP contribution < -0.4 is 16.2 Å². The van der Waals surface area contributed by atoms with Gasteiger partial charge in [0.15, 0.2) is 0 Å². The van der Waals surface area contributed by atoms with Crippen molar-refractivity contribution < 1.29 is 9.18 Å². The lowest BCUT2D eigenvalue weighted by Crippen LogP contribution is -2.43. The molecule has 1 aliphatic heterocycles. The van der Waals surface area contributed by atoms with E-state index in [-0.39, 0.29) is 17.8 Å². The zero-order valence-corrected chi connectivity index (χ0v) is 10.4. The molecule has 5 heteroatoms. The minimum Gasteiger partial charge on any atom is -0.354 e. The second-order valence-corrected chi connectivity index (χ2v) is 4.65. The van der Waals surface area contributed by atoms with Crippen molar-refractivity contribution in [3.63, 3.8) is 0 Å². The topological polar surface area (TPSA) is 53.2 Å². The van der Waals surface area contributed by atoms with Crippen LogP contribution in [0.25, 0.3) is 0 Å². The van der Waals surface area contributed by atoms with Crippen molar-refractivity contribution >= 4 is 5.91 Å². The van der Waals surface area contributed by atoms with E-state index in [0.29, 0.717) is 19.0 Å². The molecule has 2 atom stereocenters. The summed E-state index contributed by atoms with van der Waals surface area (Å²) in [6.45, 7) is 2.59. The van der Waals surface area contributed by atoms with Crippen LogP contribution in [-0.2, 0) is 11.2 Å². The first-order chi connectivity index (χ1) is 8.65. The van der Waals surface area contributed by atoms with Crippen LogP contribution >= 0.6 is 0 Å². The Morgan fingerprint density at radius 3 is 2.72 bits per heavy atom. The minimum atomic E-state index is -0.238. The molecule has 4 nitrogen and oxygen atoms in total. The minimum absolute atomic E-state index is 0.00830. The Bertz CT molecular complexity index is 407. The number of benzene rings is 1. The molecule has 1 aromatic rings. The molecule has 0 aromatic heterocycles. The van der Waals surface area contributed by atoms with Crippen molar-refractivity contribution in [1.29, 1.82) is 0 Å². The number of nitrogens with one attached hydrogen (secondary N) is 3. The molecule has 1 amide bonds. The molecular formula is C13H18FN3O. The van der Waals surface area contributed by atoms with Crippen molar-refractivity contribution in [2.75, 3.05) is 6.54 Å². The van der Waals surface area contributed by atoms with Gasteiger partial charge in [-0.25, -0.2) is 9.82 Å². The predicted octanol–water partition coefficient (Wildman–Crippen LogP) is 0.739. The molecule has 2 rings (SSSR count). The maximum Gasteiger partial charge on any atom is 0.238 e. The number of rotatable bonds is 4. The van der Waals surface area contributed by atoms with Crippen LogP contribution in [0.1, 0.15) is 18.9 Å². The fourth-order valence-electron chi connectivity index (χ4n) is 1.99. The van der Waals surface area contributed by atoms with E-state index in [2.05, 4.69) is 16.2 Å². The molecule has 18 heavy (non-hydrogen) atoms. The Balaban J connectivity index is 1.72. The lowest BCUT2D eigenvalue weighted by atomic mass is 10.1. The van der Waals surface area contributed by atoms with Crippen LogP contribution in [0, 0.1) is 5.82 Å². The van der Waals surface area contributed by atoms with E-state index >= 15 is 0 Å². The van der Waals surface area contributed by atoms with Gasteiger partial charge in [0, 0.05) is 12.6 Å². The van der Waals surface area contributed by atoms with Gasteiger partial charge in [0.05, 0.1) is 0 Å². The highest BCUT2D eigenvalue weighted by atomic mass is 19.1. The first-order valence-electron chi connectivity index (χ1n) is 6.18. The van der Waals surface area contributed by atoms with E-state index in [4.69, 9.17) is 0 Å². The van der Waals surface area contributed by atoms with Crippen LogP contribution in [-0.4, -0.2) is 24.5 Å². The largest absolute Gasteiger partial charge is 0.354 e. The summed E-state index contributed by atoms with van der Waals surface area (Å²) >= 11 is 0. The van der Waals surface area contributed by atoms with Gasteiger partial charge in [-0.2, -0.15) is 0 Å². The number of carbonyl (C=O) groups excluding carboxylic acids is 1. The van der Waals surface area contributed by atoms with Gasteiger partial charge in [0.25, 0.3) is 0 Å². The summed E-state index contributed by atoms with van der Waals surface area (Å²) in [6.07, 6.45) is 1.50. The summed E-state index contributed by atoms with van der Waals surface area (Å²) in [7, 11) is 0. The van der Waals surface area contributed by atoms with E-state index in [9.17, 15) is 9.18 Å². The summed E-state index contributed by atoms with van der Waals surface area (Å²) < 4.78 is 12.7. The Morgan fingerprint density at radius 2 is 2.11 bits per heavy atom. The molecule has 1 aliphatic rings. The van der Waals surface area contributed by atoms with E-state index in [1.807, 2.05) is 6.92 Å². The molecule has 0 saturated carbocycles. The standard InChI is InChI=1S/C13H18FN3O/c1-9-8-12(17-16-9)13(18)15-7-6-10-2-4-11(14)5-3-10/h2-5,9,12,16-17H,6-8H2,1H3,(H,15,18). The van der Waals surface area contributed by atoms with Crippen molar-refractivity contribution in [1.82, 2.24) is 16.2 Å². The average Bonchev–Trinajstić information content (AvgIpc) is 2.78. The quantitative estimate of drug-likeness (QED) is 0.740. The van der Waals surface area contributed by atoms with Crippen molar-refractivity contribution in [3.8, 4) is 0 Å². The number of hydrazine groups is 1. The Morgan fingerprint density at radius 1 is 1.39 bits per heavy atom. The summed E-state index contributed by atoms with van der Waals surface area (Å²) in [6, 6.07) is 6.49. The third-order valence-corrected chi connectivity index (χ3v) is 3.04. The van der Waals surface area contributed by atoms with Gasteiger partial charge in [-0.1, -0.05) is 12.1 Å². The normalized spacial score (nSPS) is 23.0. The maximum atomic E-state index is 12.7. The second kappa shape index (κ2) is 5.93. The molecule has 1 aromatic carbocycles. The van der Waals surface area contributed by atoms with Gasteiger partial charge in [-0.3, -0.25) is 10.2 Å². The fraction of sp³-hybridized carbons (Fsp3) is 0.462. The number of carbonyl (C=O) groups is 1. The summed E-state index contributed by atoms with van der Waals surface area (Å²) in [5.74, 6) is -0.230. The van der Waals surface area contributed by atoms with E-state index < -0.39 is 0 Å².